The minimum atomic E-state index is -0.593. The Morgan fingerprint density at radius 2 is 2.10 bits per heavy atom. The fraction of sp³-hybridized carbons (Fsp3) is 0.588. The van der Waals surface area contributed by atoms with Crippen LogP contribution < -0.4 is 10.2 Å². The van der Waals surface area contributed by atoms with Gasteiger partial charge in [-0.15, -0.1) is 0 Å². The van der Waals surface area contributed by atoms with E-state index in [4.69, 9.17) is 0 Å². The van der Waals surface area contributed by atoms with Gasteiger partial charge < -0.3 is 15.3 Å². The minimum absolute atomic E-state index is 0.592. The lowest BCUT2D eigenvalue weighted by atomic mass is 10.0. The summed E-state index contributed by atoms with van der Waals surface area (Å²) in [5.41, 5.74) is 2.10. The molecule has 0 unspecified atom stereocenters. The maximum atomic E-state index is 10.5. The molecule has 0 bridgehead atoms. The van der Waals surface area contributed by atoms with Gasteiger partial charge in [-0.25, -0.2) is 0 Å². The minimum Gasteiger partial charge on any atom is -0.388 e. The Labute approximate surface area is 127 Å². The molecule has 0 spiro atoms. The molecule has 2 rings (SSSR count). The van der Waals surface area contributed by atoms with Crippen LogP contribution in [0.25, 0.3) is 0 Å². The zero-order chi connectivity index (χ0) is 15.3. The van der Waals surface area contributed by atoms with E-state index in [0.29, 0.717) is 12.1 Å². The van der Waals surface area contributed by atoms with E-state index < -0.39 is 5.60 Å². The van der Waals surface area contributed by atoms with Crippen LogP contribution >= 0.6 is 0 Å². The summed E-state index contributed by atoms with van der Waals surface area (Å²) in [4.78, 5) is 2.01. The van der Waals surface area contributed by atoms with Crippen molar-refractivity contribution in [2.45, 2.75) is 44.8 Å². The van der Waals surface area contributed by atoms with E-state index in [0.717, 1.165) is 50.0 Å². The number of hydrogen-bond donors (Lipinski definition) is 2. The average Bonchev–Trinajstić information content (AvgIpc) is 2.90. The Bertz CT molecular complexity index is 515. The van der Waals surface area contributed by atoms with Crippen LogP contribution in [-0.4, -0.2) is 30.8 Å². The third-order valence-electron chi connectivity index (χ3n) is 4.24. The predicted molar refractivity (Wildman–Crippen MR) is 85.2 cm³/mol. The molecule has 0 heterocycles. The third-order valence-corrected chi connectivity index (χ3v) is 4.24. The first-order chi connectivity index (χ1) is 10.1. The highest BCUT2D eigenvalue weighted by atomic mass is 16.3. The van der Waals surface area contributed by atoms with E-state index in [1.807, 2.05) is 30.1 Å². The number of benzene rings is 1. The standard InChI is InChI=1S/C17H25N3O/c1-3-19-12-14-6-7-16(15(10-14)11-18)20(2)13-17(21)8-4-5-9-17/h6-7,10,19,21H,3-5,8-9,12-13H2,1-2H3. The van der Waals surface area contributed by atoms with Crippen molar-refractivity contribution in [2.75, 3.05) is 25.0 Å². The van der Waals surface area contributed by atoms with Crippen molar-refractivity contribution in [3.63, 3.8) is 0 Å². The summed E-state index contributed by atoms with van der Waals surface area (Å²) in [7, 11) is 1.95. The maximum Gasteiger partial charge on any atom is 0.101 e. The van der Waals surface area contributed by atoms with Crippen LogP contribution in [0.4, 0.5) is 5.69 Å². The van der Waals surface area contributed by atoms with Gasteiger partial charge >= 0.3 is 0 Å². The molecular formula is C17H25N3O. The number of likely N-dealkylation sites (N-methyl/N-ethyl adjacent to an activating group) is 1. The number of anilines is 1. The molecule has 1 aliphatic rings. The molecular weight excluding hydrogens is 262 g/mol. The van der Waals surface area contributed by atoms with Crippen LogP contribution in [-0.2, 0) is 6.54 Å². The fourth-order valence-electron chi connectivity index (χ4n) is 3.10. The second-order valence-corrected chi connectivity index (χ2v) is 6.03. The number of nitrogens with one attached hydrogen (secondary N) is 1. The predicted octanol–water partition coefficient (Wildman–Crippen LogP) is 2.41. The van der Waals surface area contributed by atoms with Crippen LogP contribution in [0.2, 0.25) is 0 Å². The number of aliphatic hydroxyl groups is 1. The molecule has 2 N–H and O–H groups in total. The second-order valence-electron chi connectivity index (χ2n) is 6.03. The van der Waals surface area contributed by atoms with Gasteiger partial charge in [0.1, 0.15) is 6.07 Å². The van der Waals surface area contributed by atoms with E-state index in [2.05, 4.69) is 18.3 Å². The number of nitrogens with zero attached hydrogens (tertiary/aromatic N) is 2. The SMILES string of the molecule is CCNCc1ccc(N(C)CC2(O)CCCC2)c(C#N)c1. The first kappa shape index (κ1) is 15.8. The van der Waals surface area contributed by atoms with Crippen molar-refractivity contribution < 1.29 is 5.11 Å². The molecule has 0 aliphatic heterocycles. The molecule has 4 nitrogen and oxygen atoms in total. The highest BCUT2D eigenvalue weighted by molar-refractivity contribution is 5.60. The molecule has 4 heteroatoms. The van der Waals surface area contributed by atoms with Crippen molar-refractivity contribution in [1.29, 1.82) is 5.26 Å². The second kappa shape index (κ2) is 6.93. The summed E-state index contributed by atoms with van der Waals surface area (Å²) >= 11 is 0. The summed E-state index contributed by atoms with van der Waals surface area (Å²) in [5.74, 6) is 0. The van der Waals surface area contributed by atoms with Crippen molar-refractivity contribution in [3.05, 3.63) is 29.3 Å². The van der Waals surface area contributed by atoms with E-state index >= 15 is 0 Å². The summed E-state index contributed by atoms with van der Waals surface area (Å²) in [6.07, 6.45) is 3.91. The largest absolute Gasteiger partial charge is 0.388 e. The van der Waals surface area contributed by atoms with Gasteiger partial charge in [0, 0.05) is 20.1 Å². The monoisotopic (exact) mass is 287 g/mol. The summed E-state index contributed by atoms with van der Waals surface area (Å²) in [6.45, 7) is 4.35. The lowest BCUT2D eigenvalue weighted by Gasteiger charge is -2.30. The van der Waals surface area contributed by atoms with Crippen LogP contribution in [0.1, 0.15) is 43.7 Å². The Balaban J connectivity index is 2.13. The summed E-state index contributed by atoms with van der Waals surface area (Å²) < 4.78 is 0. The van der Waals surface area contributed by atoms with E-state index in [-0.39, 0.29) is 0 Å². The molecule has 114 valence electrons. The molecule has 0 radical (unpaired) electrons. The van der Waals surface area contributed by atoms with Crippen molar-refractivity contribution in [1.82, 2.24) is 5.32 Å². The fourth-order valence-corrected chi connectivity index (χ4v) is 3.10. The van der Waals surface area contributed by atoms with Gasteiger partial charge in [-0.05, 0) is 37.1 Å². The first-order valence-corrected chi connectivity index (χ1v) is 7.75. The van der Waals surface area contributed by atoms with Crippen LogP contribution in [0.3, 0.4) is 0 Å². The highest BCUT2D eigenvalue weighted by Gasteiger charge is 2.32. The molecule has 0 amide bonds. The first-order valence-electron chi connectivity index (χ1n) is 7.75. The zero-order valence-corrected chi connectivity index (χ0v) is 13.0. The molecule has 0 atom stereocenters. The van der Waals surface area contributed by atoms with E-state index in [1.165, 1.54) is 0 Å². The van der Waals surface area contributed by atoms with Gasteiger partial charge in [0.15, 0.2) is 0 Å². The summed E-state index contributed by atoms with van der Waals surface area (Å²) in [6, 6.07) is 8.26. The molecule has 0 aromatic heterocycles. The summed E-state index contributed by atoms with van der Waals surface area (Å²) in [5, 5.41) is 23.2. The topological polar surface area (TPSA) is 59.3 Å². The van der Waals surface area contributed by atoms with Gasteiger partial charge in [0.05, 0.1) is 16.9 Å². The molecule has 1 aliphatic carbocycles. The van der Waals surface area contributed by atoms with Gasteiger partial charge in [0.25, 0.3) is 0 Å². The molecule has 21 heavy (non-hydrogen) atoms. The Kier molecular flexibility index (Phi) is 5.22. The molecule has 1 aromatic rings. The van der Waals surface area contributed by atoms with Crippen molar-refractivity contribution in [2.24, 2.45) is 0 Å². The maximum absolute atomic E-state index is 10.5. The van der Waals surface area contributed by atoms with Gasteiger partial charge in [0.2, 0.25) is 0 Å². The Morgan fingerprint density at radius 1 is 1.38 bits per heavy atom. The Morgan fingerprint density at radius 3 is 2.71 bits per heavy atom. The zero-order valence-electron chi connectivity index (χ0n) is 13.0. The van der Waals surface area contributed by atoms with Crippen molar-refractivity contribution in [3.8, 4) is 6.07 Å². The lowest BCUT2D eigenvalue weighted by Crippen LogP contribution is -2.39. The van der Waals surface area contributed by atoms with Gasteiger partial charge in [-0.1, -0.05) is 25.8 Å². The van der Waals surface area contributed by atoms with Crippen LogP contribution in [0, 0.1) is 11.3 Å². The quantitative estimate of drug-likeness (QED) is 0.843. The van der Waals surface area contributed by atoms with Crippen molar-refractivity contribution >= 4 is 5.69 Å². The van der Waals surface area contributed by atoms with E-state index in [1.54, 1.807) is 0 Å². The smallest absolute Gasteiger partial charge is 0.101 e. The molecule has 1 fully saturated rings. The van der Waals surface area contributed by atoms with E-state index in [9.17, 15) is 10.4 Å². The molecule has 1 aromatic carbocycles. The number of hydrogen-bond acceptors (Lipinski definition) is 4. The van der Waals surface area contributed by atoms with Gasteiger partial charge in [-0.2, -0.15) is 5.26 Å². The van der Waals surface area contributed by atoms with Crippen LogP contribution in [0.5, 0.6) is 0 Å². The Hall–Kier alpha value is -1.57. The normalized spacial score (nSPS) is 16.7. The lowest BCUT2D eigenvalue weighted by molar-refractivity contribution is 0.0559. The molecule has 1 saturated carbocycles. The third kappa shape index (κ3) is 3.96. The number of rotatable bonds is 6. The average molecular weight is 287 g/mol. The van der Waals surface area contributed by atoms with Gasteiger partial charge in [-0.3, -0.25) is 0 Å². The highest BCUT2D eigenvalue weighted by Crippen LogP contribution is 2.32. The van der Waals surface area contributed by atoms with Crippen LogP contribution in [0.15, 0.2) is 18.2 Å². The number of nitriles is 1. The molecule has 0 saturated heterocycles.